The molecule has 0 aliphatic carbocycles. The van der Waals surface area contributed by atoms with Gasteiger partial charge in [-0.3, -0.25) is 9.10 Å². The minimum absolute atomic E-state index is 0.264. The van der Waals surface area contributed by atoms with Crippen LogP contribution in [0.15, 0.2) is 41.8 Å². The summed E-state index contributed by atoms with van der Waals surface area (Å²) in [6.45, 7) is 0.264. The Bertz CT molecular complexity index is 719. The molecule has 3 rings (SSSR count). The van der Waals surface area contributed by atoms with Crippen LogP contribution in [0.1, 0.15) is 15.2 Å². The van der Waals surface area contributed by atoms with Gasteiger partial charge in [0.1, 0.15) is 5.75 Å². The van der Waals surface area contributed by atoms with Gasteiger partial charge in [-0.2, -0.15) is 0 Å². The molecule has 0 fully saturated rings. The van der Waals surface area contributed by atoms with Crippen LogP contribution in [0.2, 0.25) is 0 Å². The quantitative estimate of drug-likeness (QED) is 0.853. The Kier molecular flexibility index (Phi) is 2.91. The summed E-state index contributed by atoms with van der Waals surface area (Å²) < 4.78 is 25.7. The number of nitrogens with zero attached hydrogens (tertiary/aromatic N) is 1. The van der Waals surface area contributed by atoms with Gasteiger partial charge >= 0.3 is 0 Å². The second-order valence-electron chi connectivity index (χ2n) is 4.31. The van der Waals surface area contributed by atoms with E-state index in [-0.39, 0.29) is 12.3 Å². The fourth-order valence-electron chi connectivity index (χ4n) is 2.10. The molecule has 0 N–H and O–H groups in total. The second-order valence-corrected chi connectivity index (χ2v) is 7.12. The molecule has 2 aromatic rings. The van der Waals surface area contributed by atoms with Crippen molar-refractivity contribution in [3.8, 4) is 0 Å². The lowest BCUT2D eigenvalue weighted by molar-refractivity contribution is 0.102. The van der Waals surface area contributed by atoms with Crippen LogP contribution in [0.4, 0.5) is 5.69 Å². The predicted octanol–water partition coefficient (Wildman–Crippen LogP) is 2.28. The number of rotatable bonds is 2. The van der Waals surface area contributed by atoms with Crippen LogP contribution in [0, 0.1) is 0 Å². The zero-order chi connectivity index (χ0) is 13.5. The molecule has 0 unspecified atom stereocenters. The van der Waals surface area contributed by atoms with Gasteiger partial charge in [-0.05, 0) is 17.0 Å². The van der Waals surface area contributed by atoms with Crippen LogP contribution in [0.3, 0.4) is 0 Å². The molecule has 0 radical (unpaired) electrons. The van der Waals surface area contributed by atoms with E-state index in [1.807, 2.05) is 30.3 Å². The van der Waals surface area contributed by atoms with Gasteiger partial charge in [0.2, 0.25) is 10.0 Å². The first kappa shape index (κ1) is 12.4. The monoisotopic (exact) mass is 293 g/mol. The molecule has 0 spiro atoms. The molecule has 98 valence electrons. The van der Waals surface area contributed by atoms with Gasteiger partial charge in [-0.1, -0.05) is 30.3 Å². The summed E-state index contributed by atoms with van der Waals surface area (Å²) in [5, 5.41) is 1.75. The maximum absolute atomic E-state index is 12.2. The topological polar surface area (TPSA) is 54.5 Å². The molecule has 1 aromatic carbocycles. The highest BCUT2D eigenvalue weighted by atomic mass is 32.2. The first-order valence-electron chi connectivity index (χ1n) is 5.73. The Morgan fingerprint density at radius 2 is 1.89 bits per heavy atom. The molecule has 0 amide bonds. The lowest BCUT2D eigenvalue weighted by Crippen LogP contribution is -2.39. The maximum Gasteiger partial charge on any atom is 0.243 e. The Morgan fingerprint density at radius 1 is 1.16 bits per heavy atom. The highest BCUT2D eigenvalue weighted by Gasteiger charge is 2.35. The fraction of sp³-hybridized carbons (Fsp3) is 0.154. The predicted molar refractivity (Wildman–Crippen MR) is 75.1 cm³/mol. The number of anilines is 1. The molecule has 0 atom stereocenters. The van der Waals surface area contributed by atoms with Gasteiger partial charge in [0, 0.05) is 0 Å². The minimum Gasteiger partial charge on any atom is -0.292 e. The van der Waals surface area contributed by atoms with Crippen molar-refractivity contribution in [3.05, 3.63) is 52.2 Å². The molecule has 0 saturated carbocycles. The van der Waals surface area contributed by atoms with Crippen molar-refractivity contribution in [2.75, 3.05) is 10.1 Å². The first-order valence-corrected chi connectivity index (χ1v) is 8.22. The van der Waals surface area contributed by atoms with Crippen LogP contribution in [-0.2, 0) is 16.6 Å². The molecule has 0 saturated heterocycles. The van der Waals surface area contributed by atoms with Crippen molar-refractivity contribution in [3.63, 3.8) is 0 Å². The van der Waals surface area contributed by atoms with Crippen molar-refractivity contribution in [1.82, 2.24) is 0 Å². The number of hydrogen-bond donors (Lipinski definition) is 0. The molecule has 6 heteroatoms. The van der Waals surface area contributed by atoms with Crippen LogP contribution < -0.4 is 4.31 Å². The van der Waals surface area contributed by atoms with E-state index in [1.165, 1.54) is 15.6 Å². The summed E-state index contributed by atoms with van der Waals surface area (Å²) in [5.74, 6) is -0.748. The zero-order valence-corrected chi connectivity index (χ0v) is 11.6. The van der Waals surface area contributed by atoms with Crippen molar-refractivity contribution in [1.29, 1.82) is 0 Å². The van der Waals surface area contributed by atoms with E-state index in [0.717, 1.165) is 5.56 Å². The normalized spacial score (nSPS) is 17.3. The fourth-order valence-corrected chi connectivity index (χ4v) is 4.51. The van der Waals surface area contributed by atoms with Crippen LogP contribution in [0.25, 0.3) is 0 Å². The molecule has 0 bridgehead atoms. The number of carbonyl (C=O) groups excluding carboxylic acids is 1. The summed E-state index contributed by atoms with van der Waals surface area (Å²) >= 11 is 1.29. The summed E-state index contributed by atoms with van der Waals surface area (Å²) in [4.78, 5) is 12.3. The van der Waals surface area contributed by atoms with E-state index >= 15 is 0 Å². The van der Waals surface area contributed by atoms with E-state index in [9.17, 15) is 13.2 Å². The molecular formula is C13H11NO3S2. The third-order valence-corrected chi connectivity index (χ3v) is 5.55. The second kappa shape index (κ2) is 4.47. The van der Waals surface area contributed by atoms with Crippen LogP contribution in [-0.4, -0.2) is 20.0 Å². The van der Waals surface area contributed by atoms with Crippen molar-refractivity contribution in [2.45, 2.75) is 6.54 Å². The molecule has 4 nitrogen and oxygen atoms in total. The minimum atomic E-state index is -3.56. The summed E-state index contributed by atoms with van der Waals surface area (Å²) in [6, 6.07) is 11.1. The standard InChI is InChI=1S/C13H11NO3S2/c15-12-9-19(16,17)14(11-6-7-18-13(11)12)8-10-4-2-1-3-5-10/h1-7H,8-9H2. The molecule has 19 heavy (non-hydrogen) atoms. The molecular weight excluding hydrogens is 282 g/mol. The van der Waals surface area contributed by atoms with Gasteiger partial charge in [0.25, 0.3) is 0 Å². The zero-order valence-electron chi connectivity index (χ0n) is 9.94. The SMILES string of the molecule is O=C1CS(=O)(=O)N(Cc2ccccc2)c2ccsc21. The highest BCUT2D eigenvalue weighted by molar-refractivity contribution is 7.93. The molecule has 2 heterocycles. The maximum atomic E-state index is 12.2. The average molecular weight is 293 g/mol. The van der Waals surface area contributed by atoms with Crippen molar-refractivity contribution >= 4 is 32.8 Å². The first-order chi connectivity index (χ1) is 9.08. The number of carbonyl (C=O) groups is 1. The average Bonchev–Trinajstić information content (AvgIpc) is 2.84. The third-order valence-electron chi connectivity index (χ3n) is 2.98. The Morgan fingerprint density at radius 3 is 2.63 bits per heavy atom. The van der Waals surface area contributed by atoms with Crippen molar-refractivity contribution in [2.24, 2.45) is 0 Å². The van der Waals surface area contributed by atoms with E-state index in [1.54, 1.807) is 11.4 Å². The molecule has 1 aromatic heterocycles. The van der Waals surface area contributed by atoms with Crippen LogP contribution in [0.5, 0.6) is 0 Å². The van der Waals surface area contributed by atoms with E-state index in [2.05, 4.69) is 0 Å². The highest BCUT2D eigenvalue weighted by Crippen LogP contribution is 2.34. The largest absolute Gasteiger partial charge is 0.292 e. The smallest absolute Gasteiger partial charge is 0.243 e. The van der Waals surface area contributed by atoms with E-state index in [0.29, 0.717) is 10.6 Å². The summed E-state index contributed by atoms with van der Waals surface area (Å²) in [7, 11) is -3.56. The Hall–Kier alpha value is -1.66. The number of sulfonamides is 1. The van der Waals surface area contributed by atoms with Gasteiger partial charge in [0.15, 0.2) is 5.78 Å². The number of Topliss-reactive ketones (excluding diaryl/α,β-unsaturated/α-hetero) is 1. The van der Waals surface area contributed by atoms with Gasteiger partial charge in [0.05, 0.1) is 17.1 Å². The van der Waals surface area contributed by atoms with Gasteiger partial charge in [-0.15, -0.1) is 11.3 Å². The van der Waals surface area contributed by atoms with Crippen LogP contribution >= 0.6 is 11.3 Å². The van der Waals surface area contributed by atoms with Crippen molar-refractivity contribution < 1.29 is 13.2 Å². The van der Waals surface area contributed by atoms with Gasteiger partial charge in [-0.25, -0.2) is 8.42 Å². The summed E-state index contributed by atoms with van der Waals surface area (Å²) in [6.07, 6.45) is 0. The summed E-state index contributed by atoms with van der Waals surface area (Å²) in [5.41, 5.74) is 1.41. The number of hydrogen-bond acceptors (Lipinski definition) is 4. The number of thiophene rings is 1. The molecule has 1 aliphatic rings. The number of benzene rings is 1. The Labute approximate surface area is 115 Å². The van der Waals surface area contributed by atoms with E-state index in [4.69, 9.17) is 0 Å². The lowest BCUT2D eigenvalue weighted by atomic mass is 10.2. The molecule has 1 aliphatic heterocycles. The van der Waals surface area contributed by atoms with E-state index < -0.39 is 15.8 Å². The lowest BCUT2D eigenvalue weighted by Gasteiger charge is -2.27. The number of fused-ring (bicyclic) bond motifs is 1. The Balaban J connectivity index is 2.05. The number of ketones is 1. The third kappa shape index (κ3) is 2.17. The van der Waals surface area contributed by atoms with Gasteiger partial charge < -0.3 is 0 Å².